The van der Waals surface area contributed by atoms with Crippen molar-refractivity contribution >= 4 is 28.3 Å². The largest absolute Gasteiger partial charge is 0.356 e. The van der Waals surface area contributed by atoms with Crippen LogP contribution < -0.4 is 15.9 Å². The van der Waals surface area contributed by atoms with Gasteiger partial charge in [-0.25, -0.2) is 4.79 Å². The minimum absolute atomic E-state index is 0.0731. The summed E-state index contributed by atoms with van der Waals surface area (Å²) in [6, 6.07) is 13.6. The molecule has 1 aliphatic heterocycles. The number of hydrogen-bond acceptors (Lipinski definition) is 4. The summed E-state index contributed by atoms with van der Waals surface area (Å²) in [5.74, 6) is 1.06. The molecular formula is C24H28N4O2. The molecule has 30 heavy (non-hydrogen) atoms. The van der Waals surface area contributed by atoms with Crippen molar-refractivity contribution in [3.05, 3.63) is 64.1 Å². The second-order valence-electron chi connectivity index (χ2n) is 8.38. The third-order valence-electron chi connectivity index (χ3n) is 5.78. The first-order valence-corrected chi connectivity index (χ1v) is 10.5. The first-order chi connectivity index (χ1) is 14.4. The molecule has 1 aliphatic rings. The van der Waals surface area contributed by atoms with Crippen molar-refractivity contribution in [1.82, 2.24) is 9.55 Å². The van der Waals surface area contributed by atoms with Gasteiger partial charge in [-0.1, -0.05) is 36.8 Å². The Kier molecular flexibility index (Phi) is 5.57. The van der Waals surface area contributed by atoms with E-state index in [0.717, 1.165) is 53.0 Å². The second kappa shape index (κ2) is 8.30. The van der Waals surface area contributed by atoms with E-state index in [2.05, 4.69) is 22.1 Å². The van der Waals surface area contributed by atoms with Gasteiger partial charge < -0.3 is 10.2 Å². The average Bonchev–Trinajstić information content (AvgIpc) is 2.72. The molecule has 2 heterocycles. The number of nitrogens with one attached hydrogen (secondary N) is 1. The van der Waals surface area contributed by atoms with Crippen molar-refractivity contribution in [2.75, 3.05) is 23.3 Å². The number of anilines is 2. The SMILES string of the molecule is Cc1ccc(NC(=O)Cn2c(=O)nc(N3CCC[C@@H](C)C3)c3ccccc32)c(C)c1. The summed E-state index contributed by atoms with van der Waals surface area (Å²) in [4.78, 5) is 32.3. The zero-order valence-electron chi connectivity index (χ0n) is 17.8. The number of nitrogens with zero attached hydrogens (tertiary/aromatic N) is 3. The fourth-order valence-corrected chi connectivity index (χ4v) is 4.28. The zero-order valence-corrected chi connectivity index (χ0v) is 17.8. The van der Waals surface area contributed by atoms with Crippen LogP contribution >= 0.6 is 0 Å². The summed E-state index contributed by atoms with van der Waals surface area (Å²) in [5, 5.41) is 3.83. The van der Waals surface area contributed by atoms with Crippen LogP contribution in [-0.2, 0) is 11.3 Å². The van der Waals surface area contributed by atoms with Gasteiger partial charge in [0.25, 0.3) is 0 Å². The molecule has 0 saturated carbocycles. The fourth-order valence-electron chi connectivity index (χ4n) is 4.28. The highest BCUT2D eigenvalue weighted by Crippen LogP contribution is 2.27. The molecule has 1 N–H and O–H groups in total. The van der Waals surface area contributed by atoms with Gasteiger partial charge in [0.05, 0.1) is 5.52 Å². The van der Waals surface area contributed by atoms with Crippen LogP contribution in [0.1, 0.15) is 30.9 Å². The van der Waals surface area contributed by atoms with Gasteiger partial charge in [-0.15, -0.1) is 0 Å². The highest BCUT2D eigenvalue weighted by atomic mass is 16.2. The monoisotopic (exact) mass is 404 g/mol. The van der Waals surface area contributed by atoms with Crippen molar-refractivity contribution in [3.63, 3.8) is 0 Å². The van der Waals surface area contributed by atoms with Gasteiger partial charge in [0.2, 0.25) is 5.91 Å². The molecule has 1 aromatic heterocycles. The van der Waals surface area contributed by atoms with Gasteiger partial charge in [0.15, 0.2) is 0 Å². The predicted octanol–water partition coefficient (Wildman–Crippen LogP) is 3.89. The van der Waals surface area contributed by atoms with E-state index in [9.17, 15) is 9.59 Å². The van der Waals surface area contributed by atoms with Crippen molar-refractivity contribution in [2.45, 2.75) is 40.2 Å². The number of amides is 1. The Morgan fingerprint density at radius 2 is 2.00 bits per heavy atom. The van der Waals surface area contributed by atoms with E-state index in [1.807, 2.05) is 56.3 Å². The minimum atomic E-state index is -0.391. The number of carbonyl (C=O) groups is 1. The van der Waals surface area contributed by atoms with Crippen molar-refractivity contribution in [3.8, 4) is 0 Å². The van der Waals surface area contributed by atoms with Crippen LogP contribution in [0.3, 0.4) is 0 Å². The van der Waals surface area contributed by atoms with Crippen LogP contribution in [0.2, 0.25) is 0 Å². The molecule has 1 atom stereocenters. The second-order valence-corrected chi connectivity index (χ2v) is 8.38. The molecule has 6 heteroatoms. The number of piperidine rings is 1. The predicted molar refractivity (Wildman–Crippen MR) is 121 cm³/mol. The first kappa shape index (κ1) is 20.1. The zero-order chi connectivity index (χ0) is 21.3. The Morgan fingerprint density at radius 1 is 1.20 bits per heavy atom. The lowest BCUT2D eigenvalue weighted by molar-refractivity contribution is -0.116. The van der Waals surface area contributed by atoms with Gasteiger partial charge in [-0.3, -0.25) is 9.36 Å². The number of rotatable bonds is 4. The lowest BCUT2D eigenvalue weighted by Crippen LogP contribution is -2.38. The van der Waals surface area contributed by atoms with E-state index in [-0.39, 0.29) is 12.5 Å². The molecule has 3 aromatic rings. The molecule has 2 aromatic carbocycles. The van der Waals surface area contributed by atoms with Gasteiger partial charge >= 0.3 is 5.69 Å². The Balaban J connectivity index is 1.66. The summed E-state index contributed by atoms with van der Waals surface area (Å²) >= 11 is 0. The number of hydrogen-bond donors (Lipinski definition) is 1. The van der Waals surface area contributed by atoms with Crippen LogP contribution in [-0.4, -0.2) is 28.5 Å². The Bertz CT molecular complexity index is 1150. The number of aryl methyl sites for hydroxylation is 2. The topological polar surface area (TPSA) is 67.2 Å². The van der Waals surface area contributed by atoms with Crippen molar-refractivity contribution < 1.29 is 4.79 Å². The summed E-state index contributed by atoms with van der Waals surface area (Å²) in [6.07, 6.45) is 2.29. The Morgan fingerprint density at radius 3 is 2.77 bits per heavy atom. The smallest absolute Gasteiger partial charge is 0.350 e. The summed E-state index contributed by atoms with van der Waals surface area (Å²) in [6.45, 7) is 7.93. The molecule has 0 spiro atoms. The first-order valence-electron chi connectivity index (χ1n) is 10.5. The lowest BCUT2D eigenvalue weighted by atomic mass is 10.00. The van der Waals surface area contributed by atoms with Gasteiger partial charge in [0.1, 0.15) is 12.4 Å². The molecule has 156 valence electrons. The van der Waals surface area contributed by atoms with E-state index in [4.69, 9.17) is 0 Å². The standard InChI is InChI=1S/C24H28N4O2/c1-16-10-11-20(18(3)13-16)25-22(29)15-28-21-9-5-4-8-19(21)23(26-24(28)30)27-12-6-7-17(2)14-27/h4-5,8-11,13,17H,6-7,12,14-15H2,1-3H3,(H,25,29)/t17-/m1/s1. The average molecular weight is 405 g/mol. The summed E-state index contributed by atoms with van der Waals surface area (Å²) < 4.78 is 1.46. The lowest BCUT2D eigenvalue weighted by Gasteiger charge is -2.32. The maximum absolute atomic E-state index is 12.9. The quantitative estimate of drug-likeness (QED) is 0.716. The molecule has 4 rings (SSSR count). The molecule has 6 nitrogen and oxygen atoms in total. The van der Waals surface area contributed by atoms with Crippen LogP contribution in [0.5, 0.6) is 0 Å². The highest BCUT2D eigenvalue weighted by Gasteiger charge is 2.22. The van der Waals surface area contributed by atoms with E-state index in [0.29, 0.717) is 5.92 Å². The third kappa shape index (κ3) is 4.08. The van der Waals surface area contributed by atoms with Crippen molar-refractivity contribution in [1.29, 1.82) is 0 Å². The molecule has 0 radical (unpaired) electrons. The number of benzene rings is 2. The van der Waals surface area contributed by atoms with Gasteiger partial charge in [-0.05, 0) is 56.4 Å². The van der Waals surface area contributed by atoms with Crippen LogP contribution in [0.4, 0.5) is 11.5 Å². The molecule has 0 aliphatic carbocycles. The maximum Gasteiger partial charge on any atom is 0.350 e. The summed E-state index contributed by atoms with van der Waals surface area (Å²) in [7, 11) is 0. The maximum atomic E-state index is 12.9. The molecule has 0 bridgehead atoms. The molecule has 1 fully saturated rings. The number of para-hydroxylation sites is 1. The van der Waals surface area contributed by atoms with Crippen LogP contribution in [0, 0.1) is 19.8 Å². The van der Waals surface area contributed by atoms with E-state index in [1.165, 1.54) is 11.0 Å². The van der Waals surface area contributed by atoms with E-state index < -0.39 is 5.69 Å². The Hall–Kier alpha value is -3.15. The minimum Gasteiger partial charge on any atom is -0.356 e. The molecular weight excluding hydrogens is 376 g/mol. The Labute approximate surface area is 176 Å². The molecule has 1 amide bonds. The number of aromatic nitrogens is 2. The van der Waals surface area contributed by atoms with Gasteiger partial charge in [0, 0.05) is 24.2 Å². The van der Waals surface area contributed by atoms with Crippen LogP contribution in [0.15, 0.2) is 47.3 Å². The van der Waals surface area contributed by atoms with Crippen molar-refractivity contribution in [2.24, 2.45) is 5.92 Å². The number of carbonyl (C=O) groups excluding carboxylic acids is 1. The van der Waals surface area contributed by atoms with Crippen LogP contribution in [0.25, 0.3) is 10.9 Å². The summed E-state index contributed by atoms with van der Waals surface area (Å²) in [5.41, 5.74) is 3.24. The molecule has 1 saturated heterocycles. The normalized spacial score (nSPS) is 16.6. The highest BCUT2D eigenvalue weighted by molar-refractivity contribution is 5.94. The molecule has 0 unspecified atom stereocenters. The third-order valence-corrected chi connectivity index (χ3v) is 5.78. The number of fused-ring (bicyclic) bond motifs is 1. The fraction of sp³-hybridized carbons (Fsp3) is 0.375. The van der Waals surface area contributed by atoms with E-state index in [1.54, 1.807) is 0 Å². The van der Waals surface area contributed by atoms with Gasteiger partial charge in [-0.2, -0.15) is 4.98 Å². The van der Waals surface area contributed by atoms with E-state index >= 15 is 0 Å².